The van der Waals surface area contributed by atoms with Gasteiger partial charge in [-0.15, -0.1) is 16.4 Å². The van der Waals surface area contributed by atoms with Gasteiger partial charge in [0.05, 0.1) is 24.7 Å². The lowest BCUT2D eigenvalue weighted by Crippen LogP contribution is -2.24. The molecule has 0 unspecified atom stereocenters. The van der Waals surface area contributed by atoms with Gasteiger partial charge in [-0.1, -0.05) is 0 Å². The second kappa shape index (κ2) is 6.40. The summed E-state index contributed by atoms with van der Waals surface area (Å²) in [6.45, 7) is 0.313. The summed E-state index contributed by atoms with van der Waals surface area (Å²) in [5, 5.41) is 17.2. The van der Waals surface area contributed by atoms with E-state index >= 15 is 0 Å². The number of ether oxygens (including phenoxy) is 1. The van der Waals surface area contributed by atoms with Gasteiger partial charge in [0.15, 0.2) is 0 Å². The van der Waals surface area contributed by atoms with Gasteiger partial charge < -0.3 is 15.2 Å². The highest BCUT2D eigenvalue weighted by Crippen LogP contribution is 2.16. The molecule has 2 heterocycles. The molecule has 0 radical (unpaired) electrons. The van der Waals surface area contributed by atoms with Crippen molar-refractivity contribution in [2.45, 2.75) is 13.0 Å². The van der Waals surface area contributed by atoms with E-state index in [1.54, 1.807) is 17.9 Å². The summed E-state index contributed by atoms with van der Waals surface area (Å²) >= 11 is 1.26. The molecule has 2 N–H and O–H groups in total. The van der Waals surface area contributed by atoms with Crippen molar-refractivity contribution in [3.8, 4) is 5.88 Å². The van der Waals surface area contributed by atoms with Crippen LogP contribution < -0.4 is 10.1 Å². The molecule has 0 aromatic carbocycles. The van der Waals surface area contributed by atoms with Crippen LogP contribution in [0.2, 0.25) is 0 Å². The van der Waals surface area contributed by atoms with E-state index < -0.39 is 5.97 Å². The van der Waals surface area contributed by atoms with E-state index in [1.165, 1.54) is 29.9 Å². The van der Waals surface area contributed by atoms with Gasteiger partial charge in [-0.3, -0.25) is 9.48 Å². The Bertz CT molecular complexity index is 662. The van der Waals surface area contributed by atoms with Gasteiger partial charge in [-0.25, -0.2) is 4.79 Å². The molecule has 112 valence electrons. The Hall–Kier alpha value is -2.35. The Balaban J connectivity index is 1.90. The Kier molecular flexibility index (Phi) is 4.59. The van der Waals surface area contributed by atoms with Crippen molar-refractivity contribution in [1.29, 1.82) is 0 Å². The Labute approximate surface area is 125 Å². The minimum absolute atomic E-state index is 0.153. The molecule has 0 bridgehead atoms. The van der Waals surface area contributed by atoms with E-state index in [0.29, 0.717) is 17.3 Å². The van der Waals surface area contributed by atoms with E-state index in [9.17, 15) is 9.59 Å². The third-order valence-corrected chi connectivity index (χ3v) is 3.71. The summed E-state index contributed by atoms with van der Waals surface area (Å²) in [6, 6.07) is 1.51. The van der Waals surface area contributed by atoms with Gasteiger partial charge in [-0.2, -0.15) is 0 Å². The fraction of sp³-hybridized carbons (Fsp3) is 0.308. The molecule has 0 aliphatic carbocycles. The molecule has 0 saturated heterocycles. The Morgan fingerprint density at radius 3 is 2.90 bits per heavy atom. The molecule has 2 rings (SSSR count). The molecule has 0 fully saturated rings. The highest BCUT2D eigenvalue weighted by Gasteiger charge is 2.12. The standard InChI is InChI=1S/C13H15N3O4S/c1-16-6-9(12(15-16)20-2)5-14-11(17)4-10-3-8(7-21-10)13(18)19/h3,6-7H,4-5H2,1-2H3,(H,14,17)(H,18,19). The minimum atomic E-state index is -0.988. The molecule has 0 spiro atoms. The molecule has 0 aliphatic heterocycles. The van der Waals surface area contributed by atoms with Crippen LogP contribution in [0.3, 0.4) is 0 Å². The number of thiophene rings is 1. The smallest absolute Gasteiger partial charge is 0.336 e. The van der Waals surface area contributed by atoms with Crippen molar-refractivity contribution in [3.05, 3.63) is 33.6 Å². The number of carboxylic acid groups (broad SMARTS) is 1. The first-order valence-corrected chi connectivity index (χ1v) is 7.01. The normalized spacial score (nSPS) is 10.4. The number of hydrogen-bond acceptors (Lipinski definition) is 5. The van der Waals surface area contributed by atoms with Crippen molar-refractivity contribution >= 4 is 23.2 Å². The van der Waals surface area contributed by atoms with Gasteiger partial charge in [-0.05, 0) is 6.07 Å². The van der Waals surface area contributed by atoms with Crippen LogP contribution in [0, 0.1) is 0 Å². The van der Waals surface area contributed by atoms with Crippen LogP contribution in [0.4, 0.5) is 0 Å². The molecule has 0 atom stereocenters. The highest BCUT2D eigenvalue weighted by atomic mass is 32.1. The number of carbonyl (C=O) groups is 2. The number of nitrogens with one attached hydrogen (secondary N) is 1. The number of nitrogens with zero attached hydrogens (tertiary/aromatic N) is 2. The van der Waals surface area contributed by atoms with Crippen molar-refractivity contribution in [2.75, 3.05) is 7.11 Å². The van der Waals surface area contributed by atoms with Gasteiger partial charge >= 0.3 is 5.97 Å². The first kappa shape index (κ1) is 15.0. The quantitative estimate of drug-likeness (QED) is 0.832. The Morgan fingerprint density at radius 1 is 1.52 bits per heavy atom. The first-order valence-electron chi connectivity index (χ1n) is 6.13. The van der Waals surface area contributed by atoms with Crippen molar-refractivity contribution in [1.82, 2.24) is 15.1 Å². The predicted molar refractivity (Wildman–Crippen MR) is 76.6 cm³/mol. The summed E-state index contributed by atoms with van der Waals surface area (Å²) in [6.07, 6.45) is 1.92. The average molecular weight is 309 g/mol. The number of carbonyl (C=O) groups excluding carboxylic acids is 1. The molecular weight excluding hydrogens is 294 g/mol. The summed E-state index contributed by atoms with van der Waals surface area (Å²) in [4.78, 5) is 23.3. The van der Waals surface area contributed by atoms with Crippen molar-refractivity contribution in [2.24, 2.45) is 7.05 Å². The number of aromatic nitrogens is 2. The molecule has 2 aromatic heterocycles. The fourth-order valence-corrected chi connectivity index (χ4v) is 2.67. The topological polar surface area (TPSA) is 93.5 Å². The Morgan fingerprint density at radius 2 is 2.29 bits per heavy atom. The number of methoxy groups -OCH3 is 1. The molecule has 1 amide bonds. The summed E-state index contributed by atoms with van der Waals surface area (Å²) < 4.78 is 6.71. The molecule has 7 nitrogen and oxygen atoms in total. The van der Waals surface area contributed by atoms with Crippen LogP contribution >= 0.6 is 11.3 Å². The second-order valence-electron chi connectivity index (χ2n) is 4.40. The van der Waals surface area contributed by atoms with E-state index in [-0.39, 0.29) is 17.9 Å². The number of carboxylic acids is 1. The lowest BCUT2D eigenvalue weighted by molar-refractivity contribution is -0.120. The van der Waals surface area contributed by atoms with Crippen LogP contribution in [0.25, 0.3) is 0 Å². The maximum absolute atomic E-state index is 11.9. The lowest BCUT2D eigenvalue weighted by atomic mass is 10.2. The number of hydrogen-bond donors (Lipinski definition) is 2. The lowest BCUT2D eigenvalue weighted by Gasteiger charge is -2.03. The molecule has 0 aliphatic rings. The van der Waals surface area contributed by atoms with Crippen LogP contribution in [0.1, 0.15) is 20.8 Å². The van der Waals surface area contributed by atoms with Crippen molar-refractivity contribution < 1.29 is 19.4 Å². The van der Waals surface area contributed by atoms with Gasteiger partial charge in [0.1, 0.15) is 0 Å². The maximum Gasteiger partial charge on any atom is 0.336 e. The number of aryl methyl sites for hydroxylation is 1. The zero-order chi connectivity index (χ0) is 15.4. The number of rotatable bonds is 6. The van der Waals surface area contributed by atoms with Gasteiger partial charge in [0.2, 0.25) is 11.8 Å². The van der Waals surface area contributed by atoms with E-state index in [4.69, 9.17) is 9.84 Å². The first-order chi connectivity index (χ1) is 9.99. The summed E-state index contributed by atoms with van der Waals surface area (Å²) in [5.74, 6) is -0.695. The maximum atomic E-state index is 11.9. The zero-order valence-corrected chi connectivity index (χ0v) is 12.4. The minimum Gasteiger partial charge on any atom is -0.480 e. The monoisotopic (exact) mass is 309 g/mol. The van der Waals surface area contributed by atoms with E-state index in [2.05, 4.69) is 10.4 Å². The van der Waals surface area contributed by atoms with E-state index in [0.717, 1.165) is 5.56 Å². The summed E-state index contributed by atoms with van der Waals surface area (Å²) in [5.41, 5.74) is 0.988. The predicted octanol–water partition coefficient (Wildman–Crippen LogP) is 1.05. The molecule has 21 heavy (non-hydrogen) atoms. The van der Waals surface area contributed by atoms with Crippen LogP contribution in [-0.2, 0) is 24.8 Å². The second-order valence-corrected chi connectivity index (χ2v) is 5.39. The van der Waals surface area contributed by atoms with Crippen LogP contribution in [0.5, 0.6) is 5.88 Å². The van der Waals surface area contributed by atoms with Crippen molar-refractivity contribution in [3.63, 3.8) is 0 Å². The molecule has 8 heteroatoms. The van der Waals surface area contributed by atoms with Crippen LogP contribution in [-0.4, -0.2) is 33.9 Å². The fourth-order valence-electron chi connectivity index (χ4n) is 1.81. The van der Waals surface area contributed by atoms with Crippen LogP contribution in [0.15, 0.2) is 17.6 Å². The molecular formula is C13H15N3O4S. The highest BCUT2D eigenvalue weighted by molar-refractivity contribution is 7.10. The number of amides is 1. The summed E-state index contributed by atoms with van der Waals surface area (Å²) in [7, 11) is 3.29. The van der Waals surface area contributed by atoms with Gasteiger partial charge in [0.25, 0.3) is 0 Å². The zero-order valence-electron chi connectivity index (χ0n) is 11.6. The average Bonchev–Trinajstić information content (AvgIpc) is 3.02. The van der Waals surface area contributed by atoms with E-state index in [1.807, 2.05) is 0 Å². The largest absolute Gasteiger partial charge is 0.480 e. The molecule has 0 saturated carbocycles. The third-order valence-electron chi connectivity index (χ3n) is 2.77. The molecule has 2 aromatic rings. The number of aromatic carboxylic acids is 1. The SMILES string of the molecule is COc1nn(C)cc1CNC(=O)Cc1cc(C(=O)O)cs1. The third kappa shape index (κ3) is 3.82. The van der Waals surface area contributed by atoms with Gasteiger partial charge in [0, 0.05) is 30.0 Å².